The van der Waals surface area contributed by atoms with Gasteiger partial charge in [-0.3, -0.25) is 10.1 Å². The lowest BCUT2D eigenvalue weighted by Gasteiger charge is -2.07. The molecule has 0 saturated carbocycles. The number of methoxy groups -OCH3 is 1. The highest BCUT2D eigenvalue weighted by molar-refractivity contribution is 7.09. The van der Waals surface area contributed by atoms with Crippen molar-refractivity contribution in [1.29, 1.82) is 0 Å². The van der Waals surface area contributed by atoms with Crippen molar-refractivity contribution in [3.05, 3.63) is 50.7 Å². The van der Waals surface area contributed by atoms with Crippen LogP contribution in [-0.4, -0.2) is 12.0 Å². The number of ether oxygens (including phenoxy) is 1. The third-order valence-corrected chi connectivity index (χ3v) is 3.31. The van der Waals surface area contributed by atoms with Crippen LogP contribution in [0.15, 0.2) is 35.7 Å². The van der Waals surface area contributed by atoms with Crippen LogP contribution in [0.4, 0.5) is 11.4 Å². The first kappa shape index (κ1) is 12.4. The summed E-state index contributed by atoms with van der Waals surface area (Å²) in [7, 11) is 1.48. The van der Waals surface area contributed by atoms with E-state index in [0.29, 0.717) is 18.0 Å². The van der Waals surface area contributed by atoms with Gasteiger partial charge >= 0.3 is 0 Å². The molecule has 1 aromatic heterocycles. The second-order valence-corrected chi connectivity index (χ2v) is 4.61. The summed E-state index contributed by atoms with van der Waals surface area (Å²) >= 11 is 1.61. The van der Waals surface area contributed by atoms with Gasteiger partial charge < -0.3 is 10.1 Å². The highest BCUT2D eigenvalue weighted by Crippen LogP contribution is 2.29. The molecule has 2 rings (SSSR count). The lowest BCUT2D eigenvalue weighted by Crippen LogP contribution is -2.01. The quantitative estimate of drug-likeness (QED) is 0.665. The summed E-state index contributed by atoms with van der Waals surface area (Å²) in [6, 6.07) is 8.70. The number of nitro groups is 1. The second-order valence-electron chi connectivity index (χ2n) is 3.57. The molecule has 0 amide bonds. The molecule has 0 aliphatic heterocycles. The molecule has 0 bridgehead atoms. The van der Waals surface area contributed by atoms with Crippen LogP contribution in [-0.2, 0) is 6.54 Å². The average molecular weight is 264 g/mol. The minimum absolute atomic E-state index is 0.0194. The molecular formula is C12H12N2O3S. The van der Waals surface area contributed by atoms with Gasteiger partial charge in [0.1, 0.15) is 11.4 Å². The van der Waals surface area contributed by atoms with E-state index >= 15 is 0 Å². The molecule has 0 atom stereocenters. The van der Waals surface area contributed by atoms with Gasteiger partial charge in [-0.1, -0.05) is 6.07 Å². The highest BCUT2D eigenvalue weighted by atomic mass is 32.1. The van der Waals surface area contributed by atoms with Crippen LogP contribution in [0.25, 0.3) is 0 Å². The zero-order valence-corrected chi connectivity index (χ0v) is 10.6. The second kappa shape index (κ2) is 5.50. The van der Waals surface area contributed by atoms with Crippen molar-refractivity contribution in [2.24, 2.45) is 0 Å². The minimum Gasteiger partial charge on any atom is -0.496 e. The van der Waals surface area contributed by atoms with E-state index in [1.54, 1.807) is 23.5 Å². The summed E-state index contributed by atoms with van der Waals surface area (Å²) in [6.45, 7) is 0.574. The molecule has 1 N–H and O–H groups in total. The van der Waals surface area contributed by atoms with Crippen LogP contribution in [0.5, 0.6) is 5.75 Å². The molecule has 0 aliphatic rings. The van der Waals surface area contributed by atoms with Gasteiger partial charge in [0.05, 0.1) is 18.1 Å². The van der Waals surface area contributed by atoms with Gasteiger partial charge in [-0.2, -0.15) is 0 Å². The van der Waals surface area contributed by atoms with E-state index in [0.717, 1.165) is 4.88 Å². The van der Waals surface area contributed by atoms with E-state index in [9.17, 15) is 10.1 Å². The first-order valence-electron chi connectivity index (χ1n) is 5.29. The number of anilines is 1. The fourth-order valence-electron chi connectivity index (χ4n) is 1.53. The number of nitrogens with one attached hydrogen (secondary N) is 1. The molecule has 2 aromatic rings. The molecule has 5 nitrogen and oxygen atoms in total. The molecule has 1 aromatic carbocycles. The van der Waals surface area contributed by atoms with Gasteiger partial charge in [-0.05, 0) is 23.6 Å². The molecule has 0 aliphatic carbocycles. The Labute approximate surface area is 108 Å². The largest absolute Gasteiger partial charge is 0.496 e. The summed E-state index contributed by atoms with van der Waals surface area (Å²) in [4.78, 5) is 11.7. The molecule has 94 valence electrons. The van der Waals surface area contributed by atoms with E-state index in [4.69, 9.17) is 4.74 Å². The minimum atomic E-state index is -0.417. The molecule has 0 saturated heterocycles. The number of nitrogens with zero attached hydrogens (tertiary/aromatic N) is 1. The van der Waals surface area contributed by atoms with E-state index < -0.39 is 4.92 Å². The van der Waals surface area contributed by atoms with Crippen molar-refractivity contribution in [2.75, 3.05) is 12.4 Å². The van der Waals surface area contributed by atoms with Crippen molar-refractivity contribution < 1.29 is 9.66 Å². The number of hydrogen-bond donors (Lipinski definition) is 1. The number of nitro benzene ring substituents is 1. The van der Waals surface area contributed by atoms with Gasteiger partial charge in [-0.15, -0.1) is 11.3 Å². The lowest BCUT2D eigenvalue weighted by atomic mass is 10.2. The Kier molecular flexibility index (Phi) is 3.78. The van der Waals surface area contributed by atoms with Gasteiger partial charge in [0.25, 0.3) is 5.69 Å². The van der Waals surface area contributed by atoms with Gasteiger partial charge in [0.2, 0.25) is 0 Å². The average Bonchev–Trinajstić information content (AvgIpc) is 2.89. The SMILES string of the molecule is COc1ccc(NCc2cccs2)c([N+](=O)[O-])c1. The van der Waals surface area contributed by atoms with Crippen molar-refractivity contribution in [3.8, 4) is 5.75 Å². The monoisotopic (exact) mass is 264 g/mol. The maximum Gasteiger partial charge on any atom is 0.296 e. The fourth-order valence-corrected chi connectivity index (χ4v) is 2.18. The Morgan fingerprint density at radius 1 is 1.44 bits per heavy atom. The zero-order valence-electron chi connectivity index (χ0n) is 9.75. The third kappa shape index (κ3) is 2.78. The molecule has 0 unspecified atom stereocenters. The van der Waals surface area contributed by atoms with Crippen LogP contribution in [0, 0.1) is 10.1 Å². The number of thiophene rings is 1. The van der Waals surface area contributed by atoms with E-state index in [-0.39, 0.29) is 5.69 Å². The van der Waals surface area contributed by atoms with Gasteiger partial charge in [-0.25, -0.2) is 0 Å². The van der Waals surface area contributed by atoms with Crippen molar-refractivity contribution in [3.63, 3.8) is 0 Å². The van der Waals surface area contributed by atoms with E-state index in [1.807, 2.05) is 17.5 Å². The highest BCUT2D eigenvalue weighted by Gasteiger charge is 2.14. The van der Waals surface area contributed by atoms with Crippen molar-refractivity contribution >= 4 is 22.7 Å². The number of hydrogen-bond acceptors (Lipinski definition) is 5. The van der Waals surface area contributed by atoms with Crippen LogP contribution in [0.3, 0.4) is 0 Å². The summed E-state index contributed by atoms with van der Waals surface area (Å²) in [5, 5.41) is 16.0. The Balaban J connectivity index is 2.18. The van der Waals surface area contributed by atoms with Crippen molar-refractivity contribution in [2.45, 2.75) is 6.54 Å². The molecule has 0 fully saturated rings. The predicted molar refractivity (Wildman–Crippen MR) is 71.3 cm³/mol. The summed E-state index contributed by atoms with van der Waals surface area (Å²) < 4.78 is 4.98. The molecule has 18 heavy (non-hydrogen) atoms. The van der Waals surface area contributed by atoms with E-state index in [2.05, 4.69) is 5.32 Å². The van der Waals surface area contributed by atoms with Crippen LogP contribution in [0.1, 0.15) is 4.88 Å². The van der Waals surface area contributed by atoms with Crippen LogP contribution < -0.4 is 10.1 Å². The maximum atomic E-state index is 11.0. The predicted octanol–water partition coefficient (Wildman–Crippen LogP) is 3.28. The van der Waals surface area contributed by atoms with Crippen molar-refractivity contribution in [1.82, 2.24) is 0 Å². The Hall–Kier alpha value is -2.08. The summed E-state index contributed by atoms with van der Waals surface area (Å²) in [5.41, 5.74) is 0.514. The lowest BCUT2D eigenvalue weighted by molar-refractivity contribution is -0.384. The smallest absolute Gasteiger partial charge is 0.296 e. The molecule has 0 spiro atoms. The molecule has 1 heterocycles. The first-order valence-corrected chi connectivity index (χ1v) is 6.17. The molecular weight excluding hydrogens is 252 g/mol. The molecule has 0 radical (unpaired) electrons. The Morgan fingerprint density at radius 2 is 2.28 bits per heavy atom. The van der Waals surface area contributed by atoms with Gasteiger partial charge in [0, 0.05) is 11.4 Å². The maximum absolute atomic E-state index is 11.0. The first-order chi connectivity index (χ1) is 8.70. The van der Waals surface area contributed by atoms with Crippen LogP contribution in [0.2, 0.25) is 0 Å². The van der Waals surface area contributed by atoms with Crippen LogP contribution >= 0.6 is 11.3 Å². The number of rotatable bonds is 5. The Bertz CT molecular complexity index is 540. The summed E-state index contributed by atoms with van der Waals surface area (Å²) in [5.74, 6) is 0.475. The van der Waals surface area contributed by atoms with E-state index in [1.165, 1.54) is 13.2 Å². The third-order valence-electron chi connectivity index (χ3n) is 2.43. The zero-order chi connectivity index (χ0) is 13.0. The number of benzene rings is 1. The standard InChI is InChI=1S/C12H12N2O3S/c1-17-9-4-5-11(12(7-9)14(15)16)13-8-10-3-2-6-18-10/h2-7,13H,8H2,1H3. The summed E-state index contributed by atoms with van der Waals surface area (Å²) in [6.07, 6.45) is 0. The Morgan fingerprint density at radius 3 is 2.89 bits per heavy atom. The molecule has 6 heteroatoms. The van der Waals surface area contributed by atoms with Gasteiger partial charge in [0.15, 0.2) is 0 Å². The topological polar surface area (TPSA) is 64.4 Å². The fraction of sp³-hybridized carbons (Fsp3) is 0.167. The normalized spacial score (nSPS) is 10.1.